The van der Waals surface area contributed by atoms with E-state index in [4.69, 9.17) is 4.84 Å². The van der Waals surface area contributed by atoms with Gasteiger partial charge >= 0.3 is 0 Å². The number of rotatable bonds is 10. The Labute approximate surface area is 175 Å². The molecule has 0 fully saturated rings. The Morgan fingerprint density at radius 1 is 0.900 bits per heavy atom. The lowest BCUT2D eigenvalue weighted by atomic mass is 10.1. The minimum Gasteiger partial charge on any atom is -0.393 e. The summed E-state index contributed by atoms with van der Waals surface area (Å²) < 4.78 is 1.95. The summed E-state index contributed by atoms with van der Waals surface area (Å²) >= 11 is 0. The largest absolute Gasteiger partial charge is 0.393 e. The number of hydrogen-bond acceptors (Lipinski definition) is 6. The number of aliphatic hydroxyl groups is 1. The number of aryl methyl sites for hydroxylation is 2. The van der Waals surface area contributed by atoms with E-state index in [-0.39, 0.29) is 0 Å². The Kier molecular flexibility index (Phi) is 6.64. The molecule has 0 spiro atoms. The normalized spacial score (nSPS) is 12.2. The molecule has 7 heteroatoms. The molecule has 0 aliphatic carbocycles. The fraction of sp³-hybridized carbons (Fsp3) is 0.261. The zero-order chi connectivity index (χ0) is 20.6. The van der Waals surface area contributed by atoms with Crippen molar-refractivity contribution < 1.29 is 9.94 Å². The van der Waals surface area contributed by atoms with Gasteiger partial charge in [0.25, 0.3) is 0 Å². The van der Waals surface area contributed by atoms with E-state index in [1.807, 2.05) is 53.1 Å². The highest BCUT2D eigenvalue weighted by molar-refractivity contribution is 5.82. The fourth-order valence-electron chi connectivity index (χ4n) is 3.33. The highest BCUT2D eigenvalue weighted by Crippen LogP contribution is 2.20. The Morgan fingerprint density at radius 2 is 1.63 bits per heavy atom. The summed E-state index contributed by atoms with van der Waals surface area (Å²) in [7, 11) is 0. The highest BCUT2D eigenvalue weighted by atomic mass is 16.6. The van der Waals surface area contributed by atoms with Crippen molar-refractivity contribution in [3.63, 3.8) is 0 Å². The Morgan fingerprint density at radius 3 is 2.40 bits per heavy atom. The number of imidazole rings is 1. The maximum absolute atomic E-state index is 10.4. The molecule has 0 saturated heterocycles. The second-order valence-electron chi connectivity index (χ2n) is 7.18. The molecule has 0 amide bonds. The molecule has 30 heavy (non-hydrogen) atoms. The van der Waals surface area contributed by atoms with Crippen molar-refractivity contribution in [1.29, 1.82) is 0 Å². The minimum absolute atomic E-state index is 0.391. The predicted molar refractivity (Wildman–Crippen MR) is 116 cm³/mol. The molecule has 2 aromatic carbocycles. The van der Waals surface area contributed by atoms with E-state index in [2.05, 4.69) is 32.6 Å². The number of fused-ring (bicyclic) bond motifs is 1. The van der Waals surface area contributed by atoms with E-state index < -0.39 is 6.10 Å². The lowest BCUT2D eigenvalue weighted by Gasteiger charge is -2.13. The van der Waals surface area contributed by atoms with Crippen molar-refractivity contribution in [1.82, 2.24) is 19.5 Å². The van der Waals surface area contributed by atoms with Crippen molar-refractivity contribution >= 4 is 17.0 Å². The van der Waals surface area contributed by atoms with Crippen LogP contribution in [0.1, 0.15) is 24.0 Å². The van der Waals surface area contributed by atoms with Crippen molar-refractivity contribution in [2.75, 3.05) is 5.48 Å². The molecule has 154 valence electrons. The van der Waals surface area contributed by atoms with Gasteiger partial charge in [0.05, 0.1) is 19.0 Å². The smallest absolute Gasteiger partial charge is 0.183 e. The average molecular weight is 403 g/mol. The van der Waals surface area contributed by atoms with Crippen LogP contribution in [-0.2, 0) is 24.4 Å². The van der Waals surface area contributed by atoms with Gasteiger partial charge in [-0.25, -0.2) is 20.4 Å². The molecule has 0 saturated carbocycles. The second kappa shape index (κ2) is 9.96. The number of nitrogens with zero attached hydrogens (tertiary/aromatic N) is 4. The van der Waals surface area contributed by atoms with Crippen molar-refractivity contribution in [2.24, 2.45) is 0 Å². The van der Waals surface area contributed by atoms with Crippen LogP contribution in [0.4, 0.5) is 5.82 Å². The Hall–Kier alpha value is -3.29. The number of hydrogen-bond donors (Lipinski definition) is 2. The van der Waals surface area contributed by atoms with Crippen LogP contribution in [0.2, 0.25) is 0 Å². The first-order valence-electron chi connectivity index (χ1n) is 10.1. The summed E-state index contributed by atoms with van der Waals surface area (Å²) in [5.74, 6) is 0.562. The van der Waals surface area contributed by atoms with Crippen LogP contribution < -0.4 is 5.48 Å². The lowest BCUT2D eigenvalue weighted by molar-refractivity contribution is 0.149. The van der Waals surface area contributed by atoms with Crippen molar-refractivity contribution in [3.8, 4) is 0 Å². The number of anilines is 1. The molecule has 4 aromatic rings. The summed E-state index contributed by atoms with van der Waals surface area (Å²) in [5.41, 5.74) is 6.58. The molecule has 0 aliphatic heterocycles. The van der Waals surface area contributed by atoms with Gasteiger partial charge in [0.1, 0.15) is 11.8 Å². The topological polar surface area (TPSA) is 85.1 Å². The fourth-order valence-corrected chi connectivity index (χ4v) is 3.33. The number of benzene rings is 2. The average Bonchev–Trinajstić information content (AvgIpc) is 3.22. The minimum atomic E-state index is -0.391. The summed E-state index contributed by atoms with van der Waals surface area (Å²) in [6, 6.07) is 20.1. The predicted octanol–water partition coefficient (Wildman–Crippen LogP) is 3.75. The van der Waals surface area contributed by atoms with Gasteiger partial charge in [-0.05, 0) is 30.4 Å². The first-order valence-corrected chi connectivity index (χ1v) is 10.1. The maximum Gasteiger partial charge on any atom is 0.183 e. The molecular formula is C23H25N5O2. The van der Waals surface area contributed by atoms with Crippen molar-refractivity contribution in [2.45, 2.75) is 38.5 Å². The van der Waals surface area contributed by atoms with Crippen LogP contribution in [0.5, 0.6) is 0 Å². The molecule has 0 aliphatic rings. The second-order valence-corrected chi connectivity index (χ2v) is 7.18. The summed E-state index contributed by atoms with van der Waals surface area (Å²) in [6.07, 6.45) is 5.00. The molecule has 4 rings (SSSR count). The molecular weight excluding hydrogens is 378 g/mol. The van der Waals surface area contributed by atoms with E-state index in [9.17, 15) is 5.11 Å². The number of aliphatic hydroxyl groups excluding tert-OH is 1. The van der Waals surface area contributed by atoms with Gasteiger partial charge in [-0.3, -0.25) is 4.84 Å². The summed E-state index contributed by atoms with van der Waals surface area (Å²) in [4.78, 5) is 18.5. The van der Waals surface area contributed by atoms with Crippen LogP contribution in [0, 0.1) is 0 Å². The third kappa shape index (κ3) is 5.20. The van der Waals surface area contributed by atoms with Crippen LogP contribution in [0.25, 0.3) is 11.2 Å². The molecule has 0 radical (unpaired) electrons. The van der Waals surface area contributed by atoms with Crippen LogP contribution >= 0.6 is 0 Å². The van der Waals surface area contributed by atoms with Gasteiger partial charge in [0.15, 0.2) is 11.5 Å². The first kappa shape index (κ1) is 20.0. The lowest BCUT2D eigenvalue weighted by Crippen LogP contribution is -2.13. The molecule has 1 atom stereocenters. The monoisotopic (exact) mass is 403 g/mol. The van der Waals surface area contributed by atoms with E-state index in [0.717, 1.165) is 23.9 Å². The zero-order valence-corrected chi connectivity index (χ0v) is 16.7. The number of nitrogens with one attached hydrogen (secondary N) is 1. The molecule has 0 bridgehead atoms. The quantitative estimate of drug-likeness (QED) is 0.392. The van der Waals surface area contributed by atoms with Gasteiger partial charge in [-0.15, -0.1) is 0 Å². The summed E-state index contributed by atoms with van der Waals surface area (Å²) in [5, 5.41) is 10.4. The van der Waals surface area contributed by atoms with Crippen LogP contribution in [-0.4, -0.2) is 30.7 Å². The van der Waals surface area contributed by atoms with Gasteiger partial charge < -0.3 is 9.67 Å². The highest BCUT2D eigenvalue weighted by Gasteiger charge is 2.13. The van der Waals surface area contributed by atoms with Gasteiger partial charge in [0, 0.05) is 6.54 Å². The zero-order valence-electron chi connectivity index (χ0n) is 16.7. The number of aromatic nitrogens is 4. The van der Waals surface area contributed by atoms with E-state index in [1.54, 1.807) is 6.33 Å². The SMILES string of the molecule is OC(CCc1ccccc1)CCn1cnc2ncnc(NOCc3ccccc3)c21. The molecule has 2 heterocycles. The van der Waals surface area contributed by atoms with E-state index in [0.29, 0.717) is 31.0 Å². The maximum atomic E-state index is 10.4. The standard InChI is InChI=1S/C23H25N5O2/c29-20(12-11-18-7-3-1-4-8-18)13-14-28-17-26-22-21(28)23(25-16-24-22)27-30-15-19-9-5-2-6-10-19/h1-10,16-17,20,29H,11-15H2,(H,24,25,27). The van der Waals surface area contributed by atoms with Crippen LogP contribution in [0.3, 0.4) is 0 Å². The molecule has 2 aromatic heterocycles. The van der Waals surface area contributed by atoms with Crippen LogP contribution in [0.15, 0.2) is 73.3 Å². The molecule has 2 N–H and O–H groups in total. The first-order chi connectivity index (χ1) is 14.8. The Bertz CT molecular complexity index is 1050. The molecule has 7 nitrogen and oxygen atoms in total. The van der Waals surface area contributed by atoms with E-state index >= 15 is 0 Å². The molecule has 1 unspecified atom stereocenters. The summed E-state index contributed by atoms with van der Waals surface area (Å²) in [6.45, 7) is 1.03. The van der Waals surface area contributed by atoms with Gasteiger partial charge in [0.2, 0.25) is 0 Å². The van der Waals surface area contributed by atoms with Gasteiger partial charge in [-0.1, -0.05) is 60.7 Å². The third-order valence-corrected chi connectivity index (χ3v) is 4.97. The third-order valence-electron chi connectivity index (χ3n) is 4.97. The Balaban J connectivity index is 1.35. The van der Waals surface area contributed by atoms with E-state index in [1.165, 1.54) is 11.9 Å². The van der Waals surface area contributed by atoms with Crippen molar-refractivity contribution in [3.05, 3.63) is 84.4 Å². The van der Waals surface area contributed by atoms with Gasteiger partial charge in [-0.2, -0.15) is 0 Å².